The molecule has 1 N–H and O–H groups in total. The van der Waals surface area contributed by atoms with E-state index in [0.29, 0.717) is 42.9 Å². The molecule has 2 aromatic carbocycles. The molecule has 2 fully saturated rings. The molecule has 6 heterocycles. The Hall–Kier alpha value is -3.51. The number of amides is 1. The van der Waals surface area contributed by atoms with Crippen molar-refractivity contribution in [2.75, 3.05) is 42.9 Å². The molecule has 3 aromatic heterocycles. The third-order valence-corrected chi connectivity index (χ3v) is 11.1. The van der Waals surface area contributed by atoms with E-state index in [0.717, 1.165) is 30.8 Å². The van der Waals surface area contributed by atoms with Crippen molar-refractivity contribution < 1.29 is 9.18 Å². The van der Waals surface area contributed by atoms with Gasteiger partial charge in [0.2, 0.25) is 0 Å². The maximum absolute atomic E-state index is 14.4. The Morgan fingerprint density at radius 3 is 2.78 bits per heavy atom. The quantitative estimate of drug-likeness (QED) is 0.206. The number of imidazole rings is 1. The van der Waals surface area contributed by atoms with Crippen molar-refractivity contribution in [1.29, 1.82) is 0 Å². The van der Waals surface area contributed by atoms with Crippen molar-refractivity contribution in [3.05, 3.63) is 75.9 Å². The van der Waals surface area contributed by atoms with Gasteiger partial charge >= 0.3 is 0 Å². The Bertz CT molecular complexity index is 1920. The molecule has 3 aliphatic rings. The van der Waals surface area contributed by atoms with E-state index >= 15 is 0 Å². The van der Waals surface area contributed by atoms with Crippen LogP contribution in [0.15, 0.2) is 54.4 Å². The summed E-state index contributed by atoms with van der Waals surface area (Å²) >= 11 is 15.2. The lowest BCUT2D eigenvalue weighted by molar-refractivity contribution is -0.118. The summed E-state index contributed by atoms with van der Waals surface area (Å²) in [5.74, 6) is -0.390. The van der Waals surface area contributed by atoms with Crippen LogP contribution in [-0.2, 0) is 17.8 Å². The second-order valence-corrected chi connectivity index (χ2v) is 14.4. The largest absolute Gasteiger partial charge is 0.371 e. The van der Waals surface area contributed by atoms with Crippen LogP contribution in [0, 0.1) is 5.41 Å². The van der Waals surface area contributed by atoms with Gasteiger partial charge in [0.25, 0.3) is 5.91 Å². The Kier molecular flexibility index (Phi) is 7.55. The molecule has 2 atom stereocenters. The number of aromatic nitrogens is 5. The average molecular weight is 680 g/mol. The van der Waals surface area contributed by atoms with Gasteiger partial charge in [-0.15, -0.1) is 11.3 Å². The molecule has 2 saturated heterocycles. The van der Waals surface area contributed by atoms with Crippen LogP contribution in [-0.4, -0.2) is 74.0 Å². The molecule has 238 valence electrons. The van der Waals surface area contributed by atoms with Gasteiger partial charge in [0, 0.05) is 78.1 Å². The van der Waals surface area contributed by atoms with Crippen molar-refractivity contribution in [3.8, 4) is 11.1 Å². The SMILES string of the molecule is CCN1CC2(CCCN(c3ccc(-c4cc(Cl)c5cn(C(C(=O)Nc6nccs6)c6ncn7c6CC(F)C7)nc5c4Cl)cc3)C2)C1. The first kappa shape index (κ1) is 29.9. The molecule has 9 nitrogen and oxygen atoms in total. The monoisotopic (exact) mass is 678 g/mol. The Labute approximate surface area is 279 Å². The van der Waals surface area contributed by atoms with Crippen LogP contribution in [0.25, 0.3) is 22.0 Å². The van der Waals surface area contributed by atoms with Crippen LogP contribution >= 0.6 is 34.5 Å². The van der Waals surface area contributed by atoms with Gasteiger partial charge in [-0.2, -0.15) is 5.10 Å². The highest BCUT2D eigenvalue weighted by Gasteiger charge is 2.45. The molecule has 0 saturated carbocycles. The number of hydrogen-bond acceptors (Lipinski definition) is 7. The highest BCUT2D eigenvalue weighted by atomic mass is 35.5. The van der Waals surface area contributed by atoms with Crippen LogP contribution in [0.5, 0.6) is 0 Å². The fourth-order valence-electron chi connectivity index (χ4n) is 7.48. The summed E-state index contributed by atoms with van der Waals surface area (Å²) in [4.78, 5) is 27.5. The summed E-state index contributed by atoms with van der Waals surface area (Å²) in [5.41, 5.74) is 4.89. The molecular weight excluding hydrogens is 646 g/mol. The predicted octanol–water partition coefficient (Wildman–Crippen LogP) is 6.71. The van der Waals surface area contributed by atoms with E-state index in [1.165, 1.54) is 47.6 Å². The minimum absolute atomic E-state index is 0.175. The van der Waals surface area contributed by atoms with Gasteiger partial charge in [-0.05, 0) is 43.1 Å². The van der Waals surface area contributed by atoms with Gasteiger partial charge in [-0.25, -0.2) is 14.4 Å². The first-order valence-corrected chi connectivity index (χ1v) is 17.3. The van der Waals surface area contributed by atoms with Crippen LogP contribution in [0.2, 0.25) is 10.0 Å². The number of alkyl halides is 1. The van der Waals surface area contributed by atoms with Crippen molar-refractivity contribution >= 4 is 62.2 Å². The minimum Gasteiger partial charge on any atom is -0.371 e. The van der Waals surface area contributed by atoms with Crippen molar-refractivity contribution in [2.45, 2.75) is 44.9 Å². The third-order valence-electron chi connectivity index (χ3n) is 9.70. The molecule has 0 bridgehead atoms. The zero-order valence-corrected chi connectivity index (χ0v) is 27.6. The van der Waals surface area contributed by atoms with Crippen LogP contribution in [0.1, 0.15) is 37.2 Å². The maximum atomic E-state index is 14.4. The molecular formula is C33H33Cl2FN8OS. The lowest BCUT2D eigenvalue weighted by atomic mass is 9.73. The van der Waals surface area contributed by atoms with E-state index in [9.17, 15) is 9.18 Å². The maximum Gasteiger partial charge on any atom is 0.257 e. The summed E-state index contributed by atoms with van der Waals surface area (Å²) in [6, 6.07) is 9.36. The molecule has 0 radical (unpaired) electrons. The predicted molar refractivity (Wildman–Crippen MR) is 181 cm³/mol. The van der Waals surface area contributed by atoms with Gasteiger partial charge in [-0.1, -0.05) is 42.3 Å². The van der Waals surface area contributed by atoms with Gasteiger partial charge < -0.3 is 14.4 Å². The molecule has 46 heavy (non-hydrogen) atoms. The fourth-order valence-corrected chi connectivity index (χ4v) is 8.56. The van der Waals surface area contributed by atoms with Crippen LogP contribution in [0.3, 0.4) is 0 Å². The molecule has 0 aliphatic carbocycles. The number of halogens is 3. The Morgan fingerprint density at radius 1 is 1.20 bits per heavy atom. The molecule has 5 aromatic rings. The average Bonchev–Trinajstić information content (AvgIpc) is 3.85. The first-order valence-electron chi connectivity index (χ1n) is 15.6. The number of thiazole rings is 1. The summed E-state index contributed by atoms with van der Waals surface area (Å²) in [7, 11) is 0. The first-order chi connectivity index (χ1) is 22.3. The number of carbonyl (C=O) groups excluding carboxylic acids is 1. The summed E-state index contributed by atoms with van der Waals surface area (Å²) in [6.07, 6.45) is 6.55. The Balaban J connectivity index is 1.12. The number of hydrogen-bond donors (Lipinski definition) is 1. The number of benzene rings is 2. The van der Waals surface area contributed by atoms with E-state index in [4.69, 9.17) is 28.3 Å². The highest BCUT2D eigenvalue weighted by Crippen LogP contribution is 2.42. The van der Waals surface area contributed by atoms with Crippen molar-refractivity contribution in [3.63, 3.8) is 0 Å². The fraction of sp³-hybridized carbons (Fsp3) is 0.394. The molecule has 1 spiro atoms. The second-order valence-electron chi connectivity index (χ2n) is 12.7. The third kappa shape index (κ3) is 5.17. The lowest BCUT2D eigenvalue weighted by Crippen LogP contribution is -2.62. The van der Waals surface area contributed by atoms with Gasteiger partial charge in [0.15, 0.2) is 11.2 Å². The number of likely N-dealkylation sites (tertiary alicyclic amines) is 1. The Morgan fingerprint density at radius 2 is 2.02 bits per heavy atom. The van der Waals surface area contributed by atoms with Crippen molar-refractivity contribution in [1.82, 2.24) is 29.2 Å². The smallest absolute Gasteiger partial charge is 0.257 e. The number of nitrogens with zero attached hydrogens (tertiary/aromatic N) is 7. The zero-order valence-electron chi connectivity index (χ0n) is 25.3. The molecule has 3 aliphatic heterocycles. The lowest BCUT2D eigenvalue weighted by Gasteiger charge is -2.55. The molecule has 2 unspecified atom stereocenters. The van der Waals surface area contributed by atoms with Gasteiger partial charge in [0.1, 0.15) is 11.7 Å². The summed E-state index contributed by atoms with van der Waals surface area (Å²) in [6.45, 7) is 8.08. The minimum atomic E-state index is -1.03. The van der Waals surface area contributed by atoms with E-state index in [1.54, 1.807) is 28.7 Å². The molecule has 13 heteroatoms. The topological polar surface area (TPSA) is 84.1 Å². The second kappa shape index (κ2) is 11.6. The number of rotatable bonds is 7. The van der Waals surface area contributed by atoms with E-state index in [2.05, 4.69) is 56.3 Å². The molecule has 8 rings (SSSR count). The van der Waals surface area contributed by atoms with Crippen molar-refractivity contribution in [2.24, 2.45) is 5.41 Å². The van der Waals surface area contributed by atoms with Gasteiger partial charge in [0.05, 0.1) is 28.6 Å². The van der Waals surface area contributed by atoms with Crippen LogP contribution in [0.4, 0.5) is 15.2 Å². The van der Waals surface area contributed by atoms with E-state index in [1.807, 2.05) is 6.07 Å². The number of nitrogens with one attached hydrogen (secondary N) is 1. The number of anilines is 2. The highest BCUT2D eigenvalue weighted by molar-refractivity contribution is 7.13. The zero-order chi connectivity index (χ0) is 31.6. The van der Waals surface area contributed by atoms with Crippen LogP contribution < -0.4 is 10.2 Å². The number of piperidine rings is 1. The standard InChI is InChI=1S/C33H33Cl2FN8OS/c1-2-41-16-33(17-41)8-3-10-42(18-33)22-6-4-20(5-7-22)23-13-25(34)24-15-44(40-28(24)27(23)35)30(31(45)39-32-37-9-11-46-32)29-26-12-21(36)14-43(26)19-38-29/h4-7,9,11,13,15,19,21,30H,2-3,8,10,12,14,16-18H2,1H3,(H,37,39,45). The number of carbonyl (C=O) groups is 1. The number of fused-ring (bicyclic) bond motifs is 2. The summed E-state index contributed by atoms with van der Waals surface area (Å²) < 4.78 is 17.7. The normalized spacial score (nSPS) is 19.8. The van der Waals surface area contributed by atoms with Gasteiger partial charge in [-0.3, -0.25) is 14.8 Å². The van der Waals surface area contributed by atoms with E-state index in [-0.39, 0.29) is 13.0 Å². The summed E-state index contributed by atoms with van der Waals surface area (Å²) in [5, 5.41) is 11.4. The molecule has 1 amide bonds. The van der Waals surface area contributed by atoms with E-state index < -0.39 is 18.1 Å².